The van der Waals surface area contributed by atoms with Crippen molar-refractivity contribution in [1.82, 2.24) is 28.7 Å². The maximum Gasteiger partial charge on any atom is 0.115 e. The lowest BCUT2D eigenvalue weighted by atomic mass is 10.0. The molecule has 0 aliphatic heterocycles. The zero-order valence-electron chi connectivity index (χ0n) is 34.0. The van der Waals surface area contributed by atoms with E-state index >= 15 is 0 Å². The third kappa shape index (κ3) is 5.55. The third-order valence-electron chi connectivity index (χ3n) is 12.5. The Hall–Kier alpha value is -8.61. The molecule has 0 bridgehead atoms. The normalized spacial score (nSPS) is 11.8. The average molecular weight is 805 g/mol. The highest BCUT2D eigenvalue weighted by atomic mass is 15.0. The topological polar surface area (TPSA) is 53.5 Å². The fourth-order valence-electron chi connectivity index (χ4n) is 9.72. The van der Waals surface area contributed by atoms with Crippen LogP contribution in [0.25, 0.3) is 116 Å². The summed E-state index contributed by atoms with van der Waals surface area (Å²) in [6.07, 6.45) is 3.68. The molecule has 6 nitrogen and oxygen atoms in total. The molecular formula is C57H36N6. The van der Waals surface area contributed by atoms with Gasteiger partial charge in [0.2, 0.25) is 0 Å². The molecule has 13 aromatic rings. The van der Waals surface area contributed by atoms with Gasteiger partial charge in [0.25, 0.3) is 0 Å². The lowest BCUT2D eigenvalue weighted by molar-refractivity contribution is 1.13. The minimum Gasteiger partial charge on any atom is -0.309 e. The summed E-state index contributed by atoms with van der Waals surface area (Å²) in [4.78, 5) is 14.7. The lowest BCUT2D eigenvalue weighted by Crippen LogP contribution is -1.99. The minimum atomic E-state index is 0.898. The van der Waals surface area contributed by atoms with Gasteiger partial charge in [0.15, 0.2) is 0 Å². The Labute approximate surface area is 362 Å². The largest absolute Gasteiger partial charge is 0.309 e. The highest BCUT2D eigenvalue weighted by Crippen LogP contribution is 2.40. The van der Waals surface area contributed by atoms with Crippen molar-refractivity contribution in [3.8, 4) is 50.7 Å². The summed E-state index contributed by atoms with van der Waals surface area (Å²) < 4.78 is 7.08. The van der Waals surface area contributed by atoms with Crippen molar-refractivity contribution in [2.75, 3.05) is 0 Å². The Morgan fingerprint density at radius 3 is 1.38 bits per heavy atom. The van der Waals surface area contributed by atoms with Gasteiger partial charge in [0.1, 0.15) is 11.0 Å². The van der Waals surface area contributed by atoms with Crippen molar-refractivity contribution in [3.05, 3.63) is 219 Å². The van der Waals surface area contributed by atoms with Crippen LogP contribution >= 0.6 is 0 Å². The van der Waals surface area contributed by atoms with Crippen molar-refractivity contribution >= 4 is 65.7 Å². The van der Waals surface area contributed by atoms with Crippen molar-refractivity contribution in [2.45, 2.75) is 0 Å². The molecule has 0 atom stereocenters. The average Bonchev–Trinajstić information content (AvgIpc) is 4.00. The number of nitrogens with zero attached hydrogens (tertiary/aromatic N) is 6. The van der Waals surface area contributed by atoms with Crippen LogP contribution in [0.4, 0.5) is 0 Å². The van der Waals surface area contributed by atoms with Crippen molar-refractivity contribution in [1.29, 1.82) is 0 Å². The quantitative estimate of drug-likeness (QED) is 0.168. The predicted octanol–water partition coefficient (Wildman–Crippen LogP) is 14.2. The highest BCUT2D eigenvalue weighted by Gasteiger charge is 2.19. The summed E-state index contributed by atoms with van der Waals surface area (Å²) in [5.74, 6) is 0. The number of fused-ring (bicyclic) bond motifs is 9. The molecule has 0 unspecified atom stereocenters. The number of hydrogen-bond donors (Lipinski definition) is 0. The molecule has 7 aromatic carbocycles. The maximum absolute atomic E-state index is 5.19. The van der Waals surface area contributed by atoms with E-state index in [9.17, 15) is 0 Å². The Bertz CT molecular complexity index is 3800. The predicted molar refractivity (Wildman–Crippen MR) is 259 cm³/mol. The van der Waals surface area contributed by atoms with Crippen LogP contribution in [0, 0.1) is 0 Å². The van der Waals surface area contributed by atoms with Gasteiger partial charge in [-0.2, -0.15) is 0 Å². The number of pyridine rings is 3. The zero-order chi connectivity index (χ0) is 41.4. The molecule has 0 aliphatic carbocycles. The second-order valence-corrected chi connectivity index (χ2v) is 16.1. The van der Waals surface area contributed by atoms with Crippen molar-refractivity contribution < 1.29 is 0 Å². The second kappa shape index (κ2) is 14.0. The van der Waals surface area contributed by atoms with E-state index in [1.165, 1.54) is 21.5 Å². The number of rotatable bonds is 6. The van der Waals surface area contributed by atoms with Crippen LogP contribution in [0.2, 0.25) is 0 Å². The Kier molecular flexibility index (Phi) is 7.80. The van der Waals surface area contributed by atoms with Crippen LogP contribution in [-0.4, -0.2) is 28.7 Å². The maximum atomic E-state index is 5.19. The monoisotopic (exact) mass is 804 g/mol. The summed E-state index contributed by atoms with van der Waals surface area (Å²) in [5.41, 5.74) is 18.0. The molecule has 6 heteroatoms. The first-order valence-electron chi connectivity index (χ1n) is 21.3. The zero-order valence-corrected chi connectivity index (χ0v) is 34.0. The van der Waals surface area contributed by atoms with Crippen molar-refractivity contribution in [2.24, 2.45) is 0 Å². The summed E-state index contributed by atoms with van der Waals surface area (Å²) in [7, 11) is 0. The van der Waals surface area contributed by atoms with Gasteiger partial charge in [0.05, 0.1) is 50.2 Å². The van der Waals surface area contributed by atoms with E-state index in [2.05, 4.69) is 208 Å². The molecule has 63 heavy (non-hydrogen) atoms. The molecule has 0 saturated carbocycles. The van der Waals surface area contributed by atoms with Crippen LogP contribution in [0.1, 0.15) is 0 Å². The summed E-state index contributed by atoms with van der Waals surface area (Å²) in [6.45, 7) is 0. The smallest absolute Gasteiger partial charge is 0.115 e. The van der Waals surface area contributed by atoms with Crippen LogP contribution in [0.3, 0.4) is 0 Å². The van der Waals surface area contributed by atoms with E-state index in [4.69, 9.17) is 15.0 Å². The molecule has 294 valence electrons. The SMILES string of the molecule is c1ccc(-c2cc(-n3c4ccccc4c4cc(-c5ccc6c7ccccc7n(-c7cccc(-n8c9cccnc9c9ncccc98)c7)c6c5)ccc43)cc(-c3ccccc3)n2)cc1. The third-order valence-corrected chi connectivity index (χ3v) is 12.5. The summed E-state index contributed by atoms with van der Waals surface area (Å²) in [6, 6.07) is 73.7. The fraction of sp³-hybridized carbons (Fsp3) is 0. The Morgan fingerprint density at radius 1 is 0.270 bits per heavy atom. The second-order valence-electron chi connectivity index (χ2n) is 16.1. The molecule has 0 amide bonds. The van der Waals surface area contributed by atoms with E-state index in [0.717, 1.165) is 94.8 Å². The molecule has 0 spiro atoms. The number of hydrogen-bond acceptors (Lipinski definition) is 3. The van der Waals surface area contributed by atoms with Gasteiger partial charge >= 0.3 is 0 Å². The minimum absolute atomic E-state index is 0.898. The molecule has 6 heterocycles. The first-order chi connectivity index (χ1) is 31.2. The summed E-state index contributed by atoms with van der Waals surface area (Å²) in [5, 5.41) is 4.83. The molecule has 0 N–H and O–H groups in total. The van der Waals surface area contributed by atoms with Gasteiger partial charge in [0, 0.05) is 56.4 Å². The fourth-order valence-corrected chi connectivity index (χ4v) is 9.72. The molecule has 0 saturated heterocycles. The van der Waals surface area contributed by atoms with E-state index in [1.54, 1.807) is 0 Å². The summed E-state index contributed by atoms with van der Waals surface area (Å²) >= 11 is 0. The standard InChI is InChI=1S/C57H36N6/c1-3-14-37(15-4-1)48-35-43(36-49(60-48)38-16-5-2-6-17-38)63-51-23-10-8-21-45(51)47-32-39(27-29-52(47)63)40-26-28-46-44-20-7-9-22-50(44)61(55(46)33-40)41-18-11-19-42(34-41)62-53-24-12-30-58-56(53)57-54(62)25-13-31-59-57/h1-36H. The molecular weight excluding hydrogens is 769 g/mol. The van der Waals surface area contributed by atoms with Crippen LogP contribution < -0.4 is 0 Å². The van der Waals surface area contributed by atoms with Gasteiger partial charge in [-0.1, -0.05) is 121 Å². The molecule has 0 fully saturated rings. The Morgan fingerprint density at radius 2 is 0.746 bits per heavy atom. The number of para-hydroxylation sites is 2. The first-order valence-corrected chi connectivity index (χ1v) is 21.3. The van der Waals surface area contributed by atoms with E-state index in [1.807, 2.05) is 24.5 Å². The van der Waals surface area contributed by atoms with Crippen molar-refractivity contribution in [3.63, 3.8) is 0 Å². The first kappa shape index (κ1) is 35.2. The van der Waals surface area contributed by atoms with Crippen LogP contribution in [0.5, 0.6) is 0 Å². The molecule has 6 aromatic heterocycles. The van der Waals surface area contributed by atoms with Gasteiger partial charge in [-0.05, 0) is 96.1 Å². The van der Waals surface area contributed by atoms with E-state index < -0.39 is 0 Å². The van der Waals surface area contributed by atoms with E-state index in [-0.39, 0.29) is 0 Å². The van der Waals surface area contributed by atoms with Gasteiger partial charge in [-0.15, -0.1) is 0 Å². The molecule has 0 aliphatic rings. The van der Waals surface area contributed by atoms with Crippen LogP contribution in [-0.2, 0) is 0 Å². The van der Waals surface area contributed by atoms with Gasteiger partial charge < -0.3 is 13.7 Å². The van der Waals surface area contributed by atoms with Gasteiger partial charge in [-0.3, -0.25) is 9.97 Å². The number of aromatic nitrogens is 6. The van der Waals surface area contributed by atoms with Crippen LogP contribution in [0.15, 0.2) is 219 Å². The number of benzene rings is 7. The Balaban J connectivity index is 0.984. The van der Waals surface area contributed by atoms with E-state index in [0.29, 0.717) is 0 Å². The molecule has 13 rings (SSSR count). The molecule has 0 radical (unpaired) electrons. The van der Waals surface area contributed by atoms with Gasteiger partial charge in [-0.25, -0.2) is 4.98 Å². The highest BCUT2D eigenvalue weighted by molar-refractivity contribution is 6.13. The lowest BCUT2D eigenvalue weighted by Gasteiger charge is -2.14.